The van der Waals surface area contributed by atoms with E-state index in [9.17, 15) is 13.2 Å². The summed E-state index contributed by atoms with van der Waals surface area (Å²) >= 11 is 4.30. The summed E-state index contributed by atoms with van der Waals surface area (Å²) in [6.07, 6.45) is 0. The zero-order valence-corrected chi connectivity index (χ0v) is 15.7. The number of nitrogens with zero attached hydrogens (tertiary/aromatic N) is 1. The highest BCUT2D eigenvalue weighted by Crippen LogP contribution is 2.25. The number of anilines is 1. The van der Waals surface area contributed by atoms with Crippen molar-refractivity contribution in [3.8, 4) is 0 Å². The van der Waals surface area contributed by atoms with Gasteiger partial charge < -0.3 is 4.90 Å². The number of rotatable bonds is 4. The molecule has 0 saturated heterocycles. The largest absolute Gasteiger partial charge is 0.339 e. The molecule has 1 N–H and O–H groups in total. The van der Waals surface area contributed by atoms with Crippen LogP contribution < -0.4 is 4.72 Å². The number of carbonyl (C=O) groups is 1. The Labute approximate surface area is 148 Å². The third-order valence-electron chi connectivity index (χ3n) is 2.78. The molecule has 0 saturated carbocycles. The van der Waals surface area contributed by atoms with Crippen LogP contribution in [-0.2, 0) is 10.0 Å². The number of nitrogens with one attached hydrogen (secondary N) is 1. The van der Waals surface area contributed by atoms with Crippen molar-refractivity contribution in [1.82, 2.24) is 4.90 Å². The first-order valence-electron chi connectivity index (χ1n) is 6.55. The molecule has 0 aliphatic carbocycles. The number of carbonyl (C=O) groups excluding carboxylic acids is 1. The van der Waals surface area contributed by atoms with Gasteiger partial charge in [-0.05, 0) is 54.2 Å². The van der Waals surface area contributed by atoms with Crippen molar-refractivity contribution in [3.05, 3.63) is 53.0 Å². The van der Waals surface area contributed by atoms with Crippen LogP contribution in [0, 0.1) is 0 Å². The summed E-state index contributed by atoms with van der Waals surface area (Å²) in [5, 5.41) is -0.127. The molecule has 5 nitrogen and oxygen atoms in total. The quantitative estimate of drug-likeness (QED) is 0.766. The normalized spacial score (nSPS) is 11.1. The van der Waals surface area contributed by atoms with Crippen molar-refractivity contribution < 1.29 is 13.2 Å². The predicted octanol–water partition coefficient (Wildman–Crippen LogP) is 4.02. The molecule has 2 aromatic carbocycles. The van der Waals surface area contributed by atoms with E-state index in [4.69, 9.17) is 0 Å². The van der Waals surface area contributed by atoms with Crippen LogP contribution in [0.4, 0.5) is 10.5 Å². The lowest BCUT2D eigenvalue weighted by molar-refractivity contribution is 0.241. The van der Waals surface area contributed by atoms with Gasteiger partial charge in [-0.3, -0.25) is 9.52 Å². The van der Waals surface area contributed by atoms with E-state index in [1.165, 1.54) is 17.0 Å². The highest BCUT2D eigenvalue weighted by molar-refractivity contribution is 9.10. The van der Waals surface area contributed by atoms with Crippen molar-refractivity contribution in [2.75, 3.05) is 18.8 Å². The standard InChI is InChI=1S/C15H15BrN2O3S2/c1-18(2)15(19)22-13-5-3-4-12(10-13)17-23(20,21)14-8-6-11(16)7-9-14/h3-10,17H,1-2H3. The Hall–Kier alpha value is -1.51. The van der Waals surface area contributed by atoms with Crippen molar-refractivity contribution in [3.63, 3.8) is 0 Å². The molecule has 0 unspecified atom stereocenters. The average molecular weight is 415 g/mol. The second kappa shape index (κ2) is 7.37. The van der Waals surface area contributed by atoms with Crippen LogP contribution in [0.1, 0.15) is 0 Å². The van der Waals surface area contributed by atoms with E-state index in [1.807, 2.05) is 0 Å². The van der Waals surface area contributed by atoms with Crippen LogP contribution in [0.3, 0.4) is 0 Å². The van der Waals surface area contributed by atoms with E-state index in [0.717, 1.165) is 16.2 Å². The van der Waals surface area contributed by atoms with Crippen LogP contribution in [0.5, 0.6) is 0 Å². The molecule has 1 amide bonds. The predicted molar refractivity (Wildman–Crippen MR) is 96.3 cm³/mol. The summed E-state index contributed by atoms with van der Waals surface area (Å²) in [5.41, 5.74) is 0.407. The second-order valence-corrected chi connectivity index (χ2v) is 8.47. The molecule has 0 spiro atoms. The Bertz CT molecular complexity index is 806. The van der Waals surface area contributed by atoms with Gasteiger partial charge in [0.15, 0.2) is 0 Å². The summed E-state index contributed by atoms with van der Waals surface area (Å²) in [6, 6.07) is 13.1. The zero-order chi connectivity index (χ0) is 17.0. The van der Waals surface area contributed by atoms with Gasteiger partial charge in [-0.1, -0.05) is 22.0 Å². The van der Waals surface area contributed by atoms with E-state index in [2.05, 4.69) is 20.7 Å². The molecule has 0 aromatic heterocycles. The second-order valence-electron chi connectivity index (χ2n) is 4.85. The van der Waals surface area contributed by atoms with Gasteiger partial charge in [0.2, 0.25) is 0 Å². The molecule has 0 aliphatic heterocycles. The van der Waals surface area contributed by atoms with Crippen molar-refractivity contribution >= 4 is 48.6 Å². The fraction of sp³-hybridized carbons (Fsp3) is 0.133. The third kappa shape index (κ3) is 4.98. The van der Waals surface area contributed by atoms with Gasteiger partial charge in [-0.2, -0.15) is 0 Å². The molecule has 2 rings (SSSR count). The lowest BCUT2D eigenvalue weighted by Gasteiger charge is -2.11. The van der Waals surface area contributed by atoms with E-state index >= 15 is 0 Å². The SMILES string of the molecule is CN(C)C(=O)Sc1cccc(NS(=O)(=O)c2ccc(Br)cc2)c1. The van der Waals surface area contributed by atoms with Gasteiger partial charge >= 0.3 is 0 Å². The summed E-state index contributed by atoms with van der Waals surface area (Å²) in [5.74, 6) is 0. The number of sulfonamides is 1. The molecular formula is C15H15BrN2O3S2. The molecule has 122 valence electrons. The maximum atomic E-state index is 12.3. The summed E-state index contributed by atoms with van der Waals surface area (Å²) in [4.78, 5) is 14.0. The third-order valence-corrected chi connectivity index (χ3v) is 5.74. The molecule has 0 radical (unpaired) electrons. The van der Waals surface area contributed by atoms with Crippen LogP contribution in [0.15, 0.2) is 62.8 Å². The zero-order valence-electron chi connectivity index (χ0n) is 12.5. The van der Waals surface area contributed by atoms with Gasteiger partial charge in [0.1, 0.15) is 0 Å². The van der Waals surface area contributed by atoms with E-state index in [0.29, 0.717) is 10.6 Å². The summed E-state index contributed by atoms with van der Waals surface area (Å²) < 4.78 is 28.0. The van der Waals surface area contributed by atoms with Gasteiger partial charge in [0.25, 0.3) is 15.3 Å². The minimum atomic E-state index is -3.67. The van der Waals surface area contributed by atoms with E-state index in [-0.39, 0.29) is 10.1 Å². The molecule has 2 aromatic rings. The van der Waals surface area contributed by atoms with Crippen LogP contribution >= 0.6 is 27.7 Å². The molecule has 8 heteroatoms. The first kappa shape index (κ1) is 17.8. The van der Waals surface area contributed by atoms with E-state index in [1.54, 1.807) is 50.5 Å². The number of halogens is 1. The topological polar surface area (TPSA) is 66.5 Å². The maximum Gasteiger partial charge on any atom is 0.285 e. The molecule has 0 aliphatic rings. The minimum absolute atomic E-state index is 0.127. The lowest BCUT2D eigenvalue weighted by atomic mass is 10.3. The number of hydrogen-bond acceptors (Lipinski definition) is 4. The number of benzene rings is 2. The number of hydrogen-bond donors (Lipinski definition) is 1. The Morgan fingerprint density at radius 3 is 2.39 bits per heavy atom. The fourth-order valence-electron chi connectivity index (χ4n) is 1.64. The molecule has 0 atom stereocenters. The highest BCUT2D eigenvalue weighted by Gasteiger charge is 2.14. The van der Waals surface area contributed by atoms with Gasteiger partial charge in [0, 0.05) is 29.2 Å². The molecular weight excluding hydrogens is 400 g/mol. The van der Waals surface area contributed by atoms with Gasteiger partial charge in [-0.15, -0.1) is 0 Å². The Kier molecular flexibility index (Phi) is 5.72. The molecule has 23 heavy (non-hydrogen) atoms. The fourth-order valence-corrected chi connectivity index (χ4v) is 3.67. The van der Waals surface area contributed by atoms with Gasteiger partial charge in [0.05, 0.1) is 4.90 Å². The minimum Gasteiger partial charge on any atom is -0.339 e. The summed E-state index contributed by atoms with van der Waals surface area (Å²) in [6.45, 7) is 0. The first-order valence-corrected chi connectivity index (χ1v) is 9.65. The first-order chi connectivity index (χ1) is 10.8. The summed E-state index contributed by atoms with van der Waals surface area (Å²) in [7, 11) is -0.343. The van der Waals surface area contributed by atoms with Crippen LogP contribution in [-0.4, -0.2) is 32.7 Å². The van der Waals surface area contributed by atoms with Crippen molar-refractivity contribution in [2.24, 2.45) is 0 Å². The Morgan fingerprint density at radius 2 is 1.78 bits per heavy atom. The Balaban J connectivity index is 2.19. The molecule has 0 bridgehead atoms. The average Bonchev–Trinajstić information content (AvgIpc) is 2.47. The maximum absolute atomic E-state index is 12.3. The van der Waals surface area contributed by atoms with Crippen LogP contribution in [0.25, 0.3) is 0 Å². The van der Waals surface area contributed by atoms with E-state index < -0.39 is 10.0 Å². The number of amides is 1. The van der Waals surface area contributed by atoms with Crippen molar-refractivity contribution in [1.29, 1.82) is 0 Å². The van der Waals surface area contributed by atoms with Gasteiger partial charge in [-0.25, -0.2) is 8.42 Å². The lowest BCUT2D eigenvalue weighted by Crippen LogP contribution is -2.16. The monoisotopic (exact) mass is 414 g/mol. The molecule has 0 heterocycles. The molecule has 0 fully saturated rings. The number of thioether (sulfide) groups is 1. The van der Waals surface area contributed by atoms with Crippen LogP contribution in [0.2, 0.25) is 0 Å². The highest BCUT2D eigenvalue weighted by atomic mass is 79.9. The van der Waals surface area contributed by atoms with Crippen molar-refractivity contribution in [2.45, 2.75) is 9.79 Å². The smallest absolute Gasteiger partial charge is 0.285 e. The Morgan fingerprint density at radius 1 is 1.13 bits per heavy atom.